The zero-order valence-electron chi connectivity index (χ0n) is 7.82. The molecular weight excluding hydrogens is 220 g/mol. The molecule has 2 rings (SSSR count). The van der Waals surface area contributed by atoms with Gasteiger partial charge in [-0.05, 0) is 26.0 Å². The number of aromatic nitrogens is 2. The fraction of sp³-hybridized carbons (Fsp3) is 0.333. The molecule has 1 atom stereocenters. The number of furan rings is 1. The highest BCUT2D eigenvalue weighted by atomic mass is 35.5. The minimum Gasteiger partial charge on any atom is -0.459 e. The molecule has 2 heterocycles. The lowest BCUT2D eigenvalue weighted by atomic mass is 10.4. The number of alkyl halides is 1. The lowest BCUT2D eigenvalue weighted by Gasteiger charge is -1.90. The van der Waals surface area contributed by atoms with Gasteiger partial charge in [-0.2, -0.15) is 0 Å². The Morgan fingerprint density at radius 1 is 1.43 bits per heavy atom. The standard InChI is InChI=1S/C9H9ClN2OS/c1-5-3-4-7(13-5)9-12-11-8(14-9)6(2)10/h3-4,6H,1-2H3. The first-order valence-electron chi connectivity index (χ1n) is 4.21. The van der Waals surface area contributed by atoms with Crippen LogP contribution in [0.3, 0.4) is 0 Å². The van der Waals surface area contributed by atoms with Crippen molar-refractivity contribution in [2.75, 3.05) is 0 Å². The third kappa shape index (κ3) is 1.81. The van der Waals surface area contributed by atoms with Gasteiger partial charge in [0.05, 0.1) is 5.38 Å². The van der Waals surface area contributed by atoms with Gasteiger partial charge in [0.15, 0.2) is 10.8 Å². The SMILES string of the molecule is Cc1ccc(-c2nnc(C(C)Cl)s2)o1. The van der Waals surface area contributed by atoms with Crippen LogP contribution in [0.25, 0.3) is 10.8 Å². The molecule has 2 aromatic heterocycles. The Kier molecular flexibility index (Phi) is 2.56. The van der Waals surface area contributed by atoms with E-state index in [1.165, 1.54) is 11.3 Å². The molecule has 1 unspecified atom stereocenters. The van der Waals surface area contributed by atoms with Gasteiger partial charge < -0.3 is 4.42 Å². The third-order valence-corrected chi connectivity index (χ3v) is 3.19. The van der Waals surface area contributed by atoms with Crippen LogP contribution in [0.15, 0.2) is 16.5 Å². The fourth-order valence-corrected chi connectivity index (χ4v) is 1.96. The number of hydrogen-bond acceptors (Lipinski definition) is 4. The average molecular weight is 229 g/mol. The summed E-state index contributed by atoms with van der Waals surface area (Å²) in [7, 11) is 0. The Balaban J connectivity index is 2.33. The minimum atomic E-state index is -0.0997. The van der Waals surface area contributed by atoms with Gasteiger partial charge in [0, 0.05) is 0 Å². The van der Waals surface area contributed by atoms with Crippen molar-refractivity contribution in [2.45, 2.75) is 19.2 Å². The van der Waals surface area contributed by atoms with Crippen molar-refractivity contribution in [3.63, 3.8) is 0 Å². The van der Waals surface area contributed by atoms with Crippen LogP contribution in [-0.4, -0.2) is 10.2 Å². The van der Waals surface area contributed by atoms with Gasteiger partial charge in [0.2, 0.25) is 0 Å². The molecule has 0 aromatic carbocycles. The second-order valence-electron chi connectivity index (χ2n) is 2.97. The van der Waals surface area contributed by atoms with Crippen LogP contribution in [0.1, 0.15) is 23.1 Å². The summed E-state index contributed by atoms with van der Waals surface area (Å²) in [6, 6.07) is 3.79. The van der Waals surface area contributed by atoms with Crippen LogP contribution in [0.2, 0.25) is 0 Å². The van der Waals surface area contributed by atoms with E-state index in [1.54, 1.807) is 0 Å². The van der Waals surface area contributed by atoms with Crippen molar-refractivity contribution < 1.29 is 4.42 Å². The van der Waals surface area contributed by atoms with Gasteiger partial charge >= 0.3 is 0 Å². The van der Waals surface area contributed by atoms with Gasteiger partial charge in [0.1, 0.15) is 10.8 Å². The molecule has 2 aromatic rings. The maximum Gasteiger partial charge on any atom is 0.183 e. The van der Waals surface area contributed by atoms with Gasteiger partial charge in [-0.25, -0.2) is 0 Å². The van der Waals surface area contributed by atoms with Crippen LogP contribution < -0.4 is 0 Å². The second kappa shape index (κ2) is 3.71. The predicted molar refractivity (Wildman–Crippen MR) is 56.6 cm³/mol. The molecule has 0 radical (unpaired) electrons. The Morgan fingerprint density at radius 3 is 2.71 bits per heavy atom. The first kappa shape index (κ1) is 9.68. The predicted octanol–water partition coefficient (Wildman–Crippen LogP) is 3.41. The van der Waals surface area contributed by atoms with Crippen LogP contribution in [0.5, 0.6) is 0 Å². The molecule has 3 nitrogen and oxygen atoms in total. The van der Waals surface area contributed by atoms with E-state index in [0.717, 1.165) is 21.5 Å². The quantitative estimate of drug-likeness (QED) is 0.740. The van der Waals surface area contributed by atoms with E-state index in [1.807, 2.05) is 26.0 Å². The Bertz CT molecular complexity index is 435. The molecule has 0 aliphatic rings. The summed E-state index contributed by atoms with van der Waals surface area (Å²) in [5.74, 6) is 1.62. The highest BCUT2D eigenvalue weighted by Crippen LogP contribution is 2.29. The molecule has 5 heteroatoms. The Labute approximate surface area is 90.7 Å². The van der Waals surface area contributed by atoms with Crippen LogP contribution >= 0.6 is 22.9 Å². The number of halogens is 1. The number of hydrogen-bond donors (Lipinski definition) is 0. The molecule has 0 N–H and O–H groups in total. The van der Waals surface area contributed by atoms with E-state index in [-0.39, 0.29) is 5.38 Å². The summed E-state index contributed by atoms with van der Waals surface area (Å²) in [4.78, 5) is 0. The van der Waals surface area contributed by atoms with Crippen molar-refractivity contribution in [2.24, 2.45) is 0 Å². The van der Waals surface area contributed by atoms with Gasteiger partial charge in [-0.3, -0.25) is 0 Å². The maximum absolute atomic E-state index is 5.89. The van der Waals surface area contributed by atoms with Crippen LogP contribution in [0, 0.1) is 6.92 Å². The zero-order chi connectivity index (χ0) is 10.1. The molecule has 0 saturated carbocycles. The molecule has 0 aliphatic carbocycles. The lowest BCUT2D eigenvalue weighted by Crippen LogP contribution is -1.80. The van der Waals surface area contributed by atoms with Crippen molar-refractivity contribution in [3.8, 4) is 10.8 Å². The summed E-state index contributed by atoms with van der Waals surface area (Å²) in [6.07, 6.45) is 0. The van der Waals surface area contributed by atoms with Crippen molar-refractivity contribution >= 4 is 22.9 Å². The Morgan fingerprint density at radius 2 is 2.21 bits per heavy atom. The zero-order valence-corrected chi connectivity index (χ0v) is 9.39. The van der Waals surface area contributed by atoms with E-state index in [9.17, 15) is 0 Å². The second-order valence-corrected chi connectivity index (χ2v) is 4.64. The van der Waals surface area contributed by atoms with Gasteiger partial charge in [-0.1, -0.05) is 11.3 Å². The van der Waals surface area contributed by atoms with Crippen molar-refractivity contribution in [3.05, 3.63) is 22.9 Å². The molecule has 0 bridgehead atoms. The molecule has 0 fully saturated rings. The van der Waals surface area contributed by atoms with Crippen molar-refractivity contribution in [1.29, 1.82) is 0 Å². The molecule has 0 amide bonds. The van der Waals surface area contributed by atoms with Crippen molar-refractivity contribution in [1.82, 2.24) is 10.2 Å². The summed E-state index contributed by atoms with van der Waals surface area (Å²) < 4.78 is 5.43. The lowest BCUT2D eigenvalue weighted by molar-refractivity contribution is 0.547. The topological polar surface area (TPSA) is 38.9 Å². The normalized spacial score (nSPS) is 13.1. The summed E-state index contributed by atoms with van der Waals surface area (Å²) in [5, 5.41) is 9.48. The van der Waals surface area contributed by atoms with Gasteiger partial charge in [0.25, 0.3) is 0 Å². The number of rotatable bonds is 2. The first-order chi connectivity index (χ1) is 6.66. The largest absolute Gasteiger partial charge is 0.459 e. The van der Waals surface area contributed by atoms with E-state index in [0.29, 0.717) is 0 Å². The minimum absolute atomic E-state index is 0.0997. The molecule has 0 saturated heterocycles. The first-order valence-corrected chi connectivity index (χ1v) is 5.46. The monoisotopic (exact) mass is 228 g/mol. The third-order valence-electron chi connectivity index (χ3n) is 1.73. The summed E-state index contributed by atoms with van der Waals surface area (Å²) in [5.41, 5.74) is 0. The van der Waals surface area contributed by atoms with Crippen LogP contribution in [0.4, 0.5) is 0 Å². The number of aryl methyl sites for hydroxylation is 1. The Hall–Kier alpha value is -0.870. The molecule has 0 spiro atoms. The molecule has 14 heavy (non-hydrogen) atoms. The molecule has 74 valence electrons. The fourth-order valence-electron chi connectivity index (χ4n) is 1.04. The smallest absolute Gasteiger partial charge is 0.183 e. The average Bonchev–Trinajstić information content (AvgIpc) is 2.70. The highest BCUT2D eigenvalue weighted by molar-refractivity contribution is 7.14. The van der Waals surface area contributed by atoms with E-state index in [2.05, 4.69) is 10.2 Å². The van der Waals surface area contributed by atoms with E-state index in [4.69, 9.17) is 16.0 Å². The summed E-state index contributed by atoms with van der Waals surface area (Å²) in [6.45, 7) is 3.77. The molecule has 0 aliphatic heterocycles. The maximum atomic E-state index is 5.89. The van der Waals surface area contributed by atoms with E-state index >= 15 is 0 Å². The highest BCUT2D eigenvalue weighted by Gasteiger charge is 2.12. The van der Waals surface area contributed by atoms with E-state index < -0.39 is 0 Å². The van der Waals surface area contributed by atoms with Crippen LogP contribution in [-0.2, 0) is 0 Å². The molecular formula is C9H9ClN2OS. The van der Waals surface area contributed by atoms with Gasteiger partial charge in [-0.15, -0.1) is 21.8 Å². The summed E-state index contributed by atoms with van der Waals surface area (Å²) >= 11 is 7.35. The number of nitrogens with zero attached hydrogens (tertiary/aromatic N) is 2.